The lowest BCUT2D eigenvalue weighted by atomic mass is 10.0. The van der Waals surface area contributed by atoms with E-state index in [1.54, 1.807) is 37.5 Å². The Kier molecular flexibility index (Phi) is 8.26. The number of hydrogen-bond acceptors (Lipinski definition) is 5. The quantitative estimate of drug-likeness (QED) is 0.253. The fourth-order valence-corrected chi connectivity index (χ4v) is 4.31. The van der Waals surface area contributed by atoms with Crippen molar-refractivity contribution in [2.75, 3.05) is 18.6 Å². The van der Waals surface area contributed by atoms with E-state index in [2.05, 4.69) is 15.9 Å². The zero-order chi connectivity index (χ0) is 24.1. The SMILES string of the molecule is CCCN1C(=O)/C(=C\c2cc(Br)c(O[C@@H](C)CC)c(OC)c2)C(=O)N(c2ccccc2)C1=S. The zero-order valence-corrected chi connectivity index (χ0v) is 21.5. The van der Waals surface area contributed by atoms with Gasteiger partial charge in [-0.2, -0.15) is 0 Å². The number of halogens is 1. The zero-order valence-electron chi connectivity index (χ0n) is 19.1. The molecular weight excluding hydrogens is 504 g/mol. The number of amides is 2. The Morgan fingerprint density at radius 1 is 1.12 bits per heavy atom. The molecule has 33 heavy (non-hydrogen) atoms. The number of para-hydroxylation sites is 1. The van der Waals surface area contributed by atoms with Crippen LogP contribution in [0.4, 0.5) is 5.69 Å². The van der Waals surface area contributed by atoms with Crippen LogP contribution in [0.3, 0.4) is 0 Å². The molecule has 0 aliphatic carbocycles. The van der Waals surface area contributed by atoms with Gasteiger partial charge >= 0.3 is 0 Å². The summed E-state index contributed by atoms with van der Waals surface area (Å²) in [6, 6.07) is 12.7. The van der Waals surface area contributed by atoms with Crippen LogP contribution in [-0.2, 0) is 9.59 Å². The van der Waals surface area contributed by atoms with Crippen molar-refractivity contribution < 1.29 is 19.1 Å². The van der Waals surface area contributed by atoms with E-state index in [0.29, 0.717) is 40.2 Å². The molecule has 0 unspecified atom stereocenters. The molecule has 0 N–H and O–H groups in total. The summed E-state index contributed by atoms with van der Waals surface area (Å²) < 4.78 is 12.2. The Balaban J connectivity index is 2.08. The molecule has 1 aliphatic rings. The fraction of sp³-hybridized carbons (Fsp3) is 0.320. The van der Waals surface area contributed by atoms with Crippen LogP contribution in [0.1, 0.15) is 39.2 Å². The van der Waals surface area contributed by atoms with Crippen molar-refractivity contribution in [1.82, 2.24) is 4.90 Å². The van der Waals surface area contributed by atoms with Gasteiger partial charge in [0.05, 0.1) is 23.4 Å². The molecule has 2 aromatic carbocycles. The second-order valence-corrected chi connectivity index (χ2v) is 8.86. The number of nitrogens with zero attached hydrogens (tertiary/aromatic N) is 2. The van der Waals surface area contributed by atoms with Crippen molar-refractivity contribution >= 4 is 56.8 Å². The number of benzene rings is 2. The molecule has 1 saturated heterocycles. The van der Waals surface area contributed by atoms with Crippen molar-refractivity contribution in [3.8, 4) is 11.5 Å². The van der Waals surface area contributed by atoms with Crippen molar-refractivity contribution in [2.45, 2.75) is 39.7 Å². The summed E-state index contributed by atoms with van der Waals surface area (Å²) in [6.45, 7) is 6.39. The molecule has 3 rings (SSSR count). The number of ether oxygens (including phenoxy) is 2. The first-order chi connectivity index (χ1) is 15.8. The van der Waals surface area contributed by atoms with Gasteiger partial charge in [-0.3, -0.25) is 19.4 Å². The van der Waals surface area contributed by atoms with E-state index in [1.807, 2.05) is 39.0 Å². The molecule has 2 amide bonds. The molecular formula is C25H27BrN2O4S. The van der Waals surface area contributed by atoms with Crippen LogP contribution in [0, 0.1) is 0 Å². The minimum Gasteiger partial charge on any atom is -0.493 e. The lowest BCUT2D eigenvalue weighted by Gasteiger charge is -2.36. The number of hydrogen-bond donors (Lipinski definition) is 0. The van der Waals surface area contributed by atoms with Crippen LogP contribution < -0.4 is 14.4 Å². The maximum Gasteiger partial charge on any atom is 0.270 e. The number of carbonyl (C=O) groups is 2. The molecule has 174 valence electrons. The third-order valence-corrected chi connectivity index (χ3v) is 6.24. The van der Waals surface area contributed by atoms with Gasteiger partial charge in [0.1, 0.15) is 5.57 Å². The van der Waals surface area contributed by atoms with Crippen molar-refractivity contribution in [3.63, 3.8) is 0 Å². The molecule has 1 heterocycles. The van der Waals surface area contributed by atoms with Gasteiger partial charge in [-0.25, -0.2) is 0 Å². The Bertz CT molecular complexity index is 1090. The van der Waals surface area contributed by atoms with E-state index in [4.69, 9.17) is 21.7 Å². The molecule has 1 fully saturated rings. The van der Waals surface area contributed by atoms with Crippen molar-refractivity contribution in [1.29, 1.82) is 0 Å². The predicted octanol–water partition coefficient (Wildman–Crippen LogP) is 5.59. The first kappa shape index (κ1) is 24.9. The predicted molar refractivity (Wildman–Crippen MR) is 138 cm³/mol. The van der Waals surface area contributed by atoms with Gasteiger partial charge in [0.15, 0.2) is 16.6 Å². The summed E-state index contributed by atoms with van der Waals surface area (Å²) in [5.41, 5.74) is 1.28. The van der Waals surface area contributed by atoms with Gasteiger partial charge in [0, 0.05) is 6.54 Å². The normalized spacial score (nSPS) is 16.4. The molecule has 0 aromatic heterocycles. The van der Waals surface area contributed by atoms with Crippen LogP contribution in [0.2, 0.25) is 0 Å². The molecule has 8 heteroatoms. The summed E-state index contributed by atoms with van der Waals surface area (Å²) in [4.78, 5) is 29.6. The summed E-state index contributed by atoms with van der Waals surface area (Å²) >= 11 is 9.08. The Morgan fingerprint density at radius 3 is 2.42 bits per heavy atom. The lowest BCUT2D eigenvalue weighted by Crippen LogP contribution is -2.56. The van der Waals surface area contributed by atoms with E-state index in [1.165, 1.54) is 9.80 Å². The molecule has 2 aromatic rings. The van der Waals surface area contributed by atoms with Crippen LogP contribution in [0.15, 0.2) is 52.5 Å². The Labute approximate surface area is 208 Å². The minimum atomic E-state index is -0.460. The van der Waals surface area contributed by atoms with Gasteiger partial charge < -0.3 is 9.47 Å². The average molecular weight is 531 g/mol. The number of rotatable bonds is 8. The van der Waals surface area contributed by atoms with Crippen LogP contribution in [0.5, 0.6) is 11.5 Å². The van der Waals surface area contributed by atoms with Gasteiger partial charge in [-0.05, 0) is 83.8 Å². The molecule has 0 spiro atoms. The van der Waals surface area contributed by atoms with E-state index < -0.39 is 11.8 Å². The highest BCUT2D eigenvalue weighted by atomic mass is 79.9. The van der Waals surface area contributed by atoms with Crippen molar-refractivity contribution in [2.24, 2.45) is 0 Å². The van der Waals surface area contributed by atoms with Gasteiger partial charge in [0.25, 0.3) is 11.8 Å². The molecule has 1 aliphatic heterocycles. The summed E-state index contributed by atoms with van der Waals surface area (Å²) in [6.07, 6.45) is 3.12. The maximum absolute atomic E-state index is 13.4. The Morgan fingerprint density at radius 2 is 1.82 bits per heavy atom. The average Bonchev–Trinajstić information content (AvgIpc) is 2.81. The largest absolute Gasteiger partial charge is 0.493 e. The van der Waals surface area contributed by atoms with E-state index >= 15 is 0 Å². The number of thiocarbonyl (C=S) groups is 1. The van der Waals surface area contributed by atoms with Gasteiger partial charge in [-0.1, -0.05) is 32.0 Å². The van der Waals surface area contributed by atoms with E-state index in [-0.39, 0.29) is 16.8 Å². The third-order valence-electron chi connectivity index (χ3n) is 5.25. The fourth-order valence-electron chi connectivity index (χ4n) is 3.39. The molecule has 0 bridgehead atoms. The third kappa shape index (κ3) is 5.28. The first-order valence-corrected chi connectivity index (χ1v) is 12.0. The van der Waals surface area contributed by atoms with Crippen LogP contribution in [-0.4, -0.2) is 41.6 Å². The molecule has 1 atom stereocenters. The highest BCUT2D eigenvalue weighted by Gasteiger charge is 2.39. The van der Waals surface area contributed by atoms with E-state index in [9.17, 15) is 9.59 Å². The topological polar surface area (TPSA) is 59.1 Å². The van der Waals surface area contributed by atoms with Crippen molar-refractivity contribution in [3.05, 3.63) is 58.1 Å². The standard InChI is InChI=1S/C25H27BrN2O4S/c1-5-12-27-23(29)19(24(30)28(25(27)33)18-10-8-7-9-11-18)13-17-14-20(26)22(21(15-17)31-4)32-16(3)6-2/h7-11,13-16H,5-6,12H2,1-4H3/b19-13+/t16-/m0/s1. The molecule has 6 nitrogen and oxygen atoms in total. The summed E-state index contributed by atoms with van der Waals surface area (Å²) in [5, 5.41) is 0.186. The highest BCUT2D eigenvalue weighted by molar-refractivity contribution is 9.10. The van der Waals surface area contributed by atoms with Gasteiger partial charge in [0.2, 0.25) is 0 Å². The lowest BCUT2D eigenvalue weighted by molar-refractivity contribution is -0.127. The highest BCUT2D eigenvalue weighted by Crippen LogP contribution is 2.38. The smallest absolute Gasteiger partial charge is 0.270 e. The number of carbonyl (C=O) groups excluding carboxylic acids is 2. The monoisotopic (exact) mass is 530 g/mol. The minimum absolute atomic E-state index is 0.00366. The second-order valence-electron chi connectivity index (χ2n) is 7.64. The number of methoxy groups -OCH3 is 1. The van der Waals surface area contributed by atoms with Gasteiger partial charge in [-0.15, -0.1) is 0 Å². The Hall–Kier alpha value is -2.71. The van der Waals surface area contributed by atoms with E-state index in [0.717, 1.165) is 6.42 Å². The van der Waals surface area contributed by atoms with Crippen LogP contribution >= 0.6 is 28.1 Å². The number of anilines is 1. The summed E-state index contributed by atoms with van der Waals surface area (Å²) in [7, 11) is 1.55. The molecule has 0 radical (unpaired) electrons. The summed E-state index contributed by atoms with van der Waals surface area (Å²) in [5.74, 6) is 0.218. The van der Waals surface area contributed by atoms with Crippen LogP contribution in [0.25, 0.3) is 6.08 Å². The molecule has 0 saturated carbocycles. The maximum atomic E-state index is 13.4. The first-order valence-electron chi connectivity index (χ1n) is 10.8. The second kappa shape index (κ2) is 10.9.